The average molecular weight is 192 g/mol. The lowest BCUT2D eigenvalue weighted by Gasteiger charge is -2.48. The molecule has 0 aromatic carbocycles. The molecule has 0 bridgehead atoms. The van der Waals surface area contributed by atoms with E-state index >= 15 is 0 Å². The zero-order valence-corrected chi connectivity index (χ0v) is 9.70. The topological polar surface area (TPSA) is 40.5 Å². The highest BCUT2D eigenvalue weighted by atomic mass is 16.3. The molecular weight excluding hydrogens is 168 g/mol. The summed E-state index contributed by atoms with van der Waals surface area (Å²) in [6, 6.07) is 0. The van der Waals surface area contributed by atoms with Gasteiger partial charge < -0.3 is 5.11 Å². The highest BCUT2D eigenvalue weighted by Crippen LogP contribution is 2.24. The summed E-state index contributed by atoms with van der Waals surface area (Å²) >= 11 is 0. The van der Waals surface area contributed by atoms with Crippen molar-refractivity contribution in [3.05, 3.63) is 0 Å². The van der Waals surface area contributed by atoms with Crippen molar-refractivity contribution in [1.82, 2.24) is 0 Å². The van der Waals surface area contributed by atoms with Crippen molar-refractivity contribution in [2.24, 2.45) is 0 Å². The van der Waals surface area contributed by atoms with Crippen LogP contribution in [0.5, 0.6) is 0 Å². The zero-order chi connectivity index (χ0) is 10.9. The largest absolute Gasteiger partial charge is 0.391 e. The number of nitrogens with zero attached hydrogens (tertiary/aromatic N) is 2. The molecule has 80 valence electrons. The summed E-state index contributed by atoms with van der Waals surface area (Å²) in [5, 5.41) is 19.2. The van der Waals surface area contributed by atoms with Gasteiger partial charge in [0.25, 0.3) is 0 Å². The molecule has 0 saturated carbocycles. The Labute approximate surface area is 81.2 Å². The van der Waals surface area contributed by atoms with Crippen molar-refractivity contribution >= 4 is 0 Å². The Kier molecular flexibility index (Phi) is 3.49. The van der Waals surface area contributed by atoms with Gasteiger partial charge in [-0.25, -0.2) is 4.48 Å². The van der Waals surface area contributed by atoms with Crippen LogP contribution in [-0.4, -0.2) is 73.4 Å². The van der Waals surface area contributed by atoms with Crippen molar-refractivity contribution in [3.63, 3.8) is 0 Å². The second-order valence-corrected chi connectivity index (χ2v) is 5.12. The lowest BCUT2D eigenvalue weighted by molar-refractivity contribution is -1.16. The second-order valence-electron chi connectivity index (χ2n) is 5.12. The fraction of sp³-hybridized carbons (Fsp3) is 1.00. The van der Waals surface area contributed by atoms with E-state index in [4.69, 9.17) is 5.11 Å². The van der Waals surface area contributed by atoms with Crippen LogP contribution in [0.2, 0.25) is 0 Å². The Bertz CT molecular complexity index is 171. The third kappa shape index (κ3) is 2.40. The van der Waals surface area contributed by atoms with Crippen LogP contribution in [0.1, 0.15) is 6.92 Å². The van der Waals surface area contributed by atoms with Crippen LogP contribution >= 0.6 is 0 Å². The summed E-state index contributed by atoms with van der Waals surface area (Å²) in [5.74, 6) is -0.900. The summed E-state index contributed by atoms with van der Waals surface area (Å²) in [5.41, 5.74) is 0. The van der Waals surface area contributed by atoms with Crippen LogP contribution in [0.4, 0.5) is 0 Å². The normalized spacial score (nSPS) is 18.5. The summed E-state index contributed by atoms with van der Waals surface area (Å²) < 4.78 is 0.826. The van der Waals surface area contributed by atoms with E-state index in [0.717, 1.165) is 0 Å². The Morgan fingerprint density at radius 1 is 1.08 bits per heavy atom. The fourth-order valence-corrected chi connectivity index (χ4v) is 1.27. The predicted octanol–water partition coefficient (Wildman–Crippen LogP) is -0.573. The molecule has 1 unspecified atom stereocenters. The minimum absolute atomic E-state index is 0.0865. The quantitative estimate of drug-likeness (QED) is 0.462. The van der Waals surface area contributed by atoms with Crippen LogP contribution in [0, 0.1) is 0 Å². The summed E-state index contributed by atoms with van der Waals surface area (Å²) in [6.07, 6.45) is 0. The van der Waals surface area contributed by atoms with Gasteiger partial charge in [0, 0.05) is 0 Å². The first kappa shape index (κ1) is 12.8. The lowest BCUT2D eigenvalue weighted by Crippen LogP contribution is -2.72. The van der Waals surface area contributed by atoms with Gasteiger partial charge in [-0.05, 0) is 0 Å². The number of likely N-dealkylation sites (N-methyl/N-ethyl adjacent to an activating group) is 1. The van der Waals surface area contributed by atoms with E-state index in [-0.39, 0.29) is 6.61 Å². The van der Waals surface area contributed by atoms with E-state index in [0.29, 0.717) is 15.5 Å². The van der Waals surface area contributed by atoms with Crippen LogP contribution < -0.4 is 0 Å². The minimum Gasteiger partial charge on any atom is -0.391 e. The lowest BCUT2D eigenvalue weighted by atomic mass is 10.2. The van der Waals surface area contributed by atoms with Gasteiger partial charge in [-0.1, -0.05) is 0 Å². The maximum atomic E-state index is 10.3. The Morgan fingerprint density at radius 3 is 1.69 bits per heavy atom. The molecule has 4 heteroatoms. The monoisotopic (exact) mass is 192 g/mol. The predicted molar refractivity (Wildman–Crippen MR) is 52.7 cm³/mol. The standard InChI is InChI=1S/C9H24N2O2/c1-9(13,10(2,3)4)11(5,6)7-8-12/h12-13H,7-8H2,1-6H3/q+2. The van der Waals surface area contributed by atoms with Crippen molar-refractivity contribution in [2.45, 2.75) is 12.8 Å². The number of aliphatic hydroxyl groups excluding tert-OH is 1. The molecular formula is C9H24N2O2+2. The Balaban J connectivity index is 4.81. The molecule has 0 aromatic heterocycles. The van der Waals surface area contributed by atoms with Gasteiger partial charge in [0.1, 0.15) is 6.54 Å². The van der Waals surface area contributed by atoms with Gasteiger partial charge in [0.05, 0.1) is 48.8 Å². The molecule has 2 N–H and O–H groups in total. The maximum Gasteiger partial charge on any atom is 0.335 e. The van der Waals surface area contributed by atoms with Gasteiger partial charge in [-0.3, -0.25) is 9.59 Å². The van der Waals surface area contributed by atoms with Crippen LogP contribution in [0.3, 0.4) is 0 Å². The molecule has 13 heavy (non-hydrogen) atoms. The molecule has 4 nitrogen and oxygen atoms in total. The van der Waals surface area contributed by atoms with Crippen molar-refractivity contribution in [2.75, 3.05) is 48.4 Å². The number of hydrogen-bond acceptors (Lipinski definition) is 2. The van der Waals surface area contributed by atoms with Crippen LogP contribution in [0.25, 0.3) is 0 Å². The molecule has 0 aliphatic carbocycles. The van der Waals surface area contributed by atoms with Gasteiger partial charge >= 0.3 is 5.85 Å². The average Bonchev–Trinajstić information content (AvgIpc) is 1.84. The van der Waals surface area contributed by atoms with Gasteiger partial charge in [0.2, 0.25) is 0 Å². The first-order valence-electron chi connectivity index (χ1n) is 4.54. The van der Waals surface area contributed by atoms with Crippen molar-refractivity contribution in [3.8, 4) is 0 Å². The molecule has 0 radical (unpaired) electrons. The van der Waals surface area contributed by atoms with E-state index in [1.54, 1.807) is 6.92 Å². The summed E-state index contributed by atoms with van der Waals surface area (Å²) in [6.45, 7) is 2.42. The summed E-state index contributed by atoms with van der Waals surface area (Å²) in [7, 11) is 9.66. The smallest absolute Gasteiger partial charge is 0.335 e. The number of quaternary nitrogens is 2. The SMILES string of the molecule is CC(O)([N+](C)(C)C)[N+](C)(C)CCO. The number of hydrogen-bond donors (Lipinski definition) is 2. The van der Waals surface area contributed by atoms with Crippen molar-refractivity contribution in [1.29, 1.82) is 0 Å². The first-order valence-corrected chi connectivity index (χ1v) is 4.54. The van der Waals surface area contributed by atoms with Gasteiger partial charge in [-0.2, -0.15) is 0 Å². The molecule has 1 atom stereocenters. The molecule has 0 saturated heterocycles. The first-order chi connectivity index (χ1) is 5.56. The minimum atomic E-state index is -0.900. The third-order valence-corrected chi connectivity index (χ3v) is 3.08. The molecule has 0 rings (SSSR count). The van der Waals surface area contributed by atoms with E-state index in [2.05, 4.69) is 0 Å². The van der Waals surface area contributed by atoms with E-state index in [1.165, 1.54) is 0 Å². The van der Waals surface area contributed by atoms with E-state index in [1.807, 2.05) is 35.2 Å². The Morgan fingerprint density at radius 2 is 1.46 bits per heavy atom. The van der Waals surface area contributed by atoms with E-state index < -0.39 is 5.85 Å². The molecule has 0 spiro atoms. The summed E-state index contributed by atoms with van der Waals surface area (Å²) in [4.78, 5) is 0. The van der Waals surface area contributed by atoms with Gasteiger partial charge in [-0.15, -0.1) is 0 Å². The molecule has 0 heterocycles. The third-order valence-electron chi connectivity index (χ3n) is 3.08. The molecule has 0 fully saturated rings. The van der Waals surface area contributed by atoms with Crippen LogP contribution in [0.15, 0.2) is 0 Å². The zero-order valence-electron chi connectivity index (χ0n) is 9.70. The number of aliphatic hydroxyl groups is 2. The maximum absolute atomic E-state index is 10.3. The highest BCUT2D eigenvalue weighted by Gasteiger charge is 2.50. The van der Waals surface area contributed by atoms with Crippen LogP contribution in [-0.2, 0) is 0 Å². The van der Waals surface area contributed by atoms with Crippen molar-refractivity contribution < 1.29 is 19.2 Å². The molecule has 0 aliphatic heterocycles. The number of rotatable bonds is 4. The highest BCUT2D eigenvalue weighted by molar-refractivity contribution is 4.45. The second kappa shape index (κ2) is 3.53. The van der Waals surface area contributed by atoms with E-state index in [9.17, 15) is 5.11 Å². The Hall–Kier alpha value is -0.160. The molecule has 0 aliphatic rings. The molecule has 0 amide bonds. The molecule has 0 aromatic rings. The van der Waals surface area contributed by atoms with Gasteiger partial charge in [0.15, 0.2) is 0 Å². The fourth-order valence-electron chi connectivity index (χ4n) is 1.27.